The maximum atomic E-state index is 14.7. The molecule has 1 saturated carbocycles. The van der Waals surface area contributed by atoms with Crippen LogP contribution < -0.4 is 10.2 Å². The number of piperidine rings is 1. The number of nitrogens with zero attached hydrogens (tertiary/aromatic N) is 3. The van der Waals surface area contributed by atoms with Gasteiger partial charge in [0.05, 0.1) is 18.3 Å². The highest BCUT2D eigenvalue weighted by Crippen LogP contribution is 2.50. The maximum absolute atomic E-state index is 14.7. The molecule has 1 N–H and O–H groups in total. The number of benzene rings is 1. The molecule has 1 aromatic carbocycles. The van der Waals surface area contributed by atoms with Gasteiger partial charge >= 0.3 is 6.03 Å². The first kappa shape index (κ1) is 23.5. The minimum Gasteiger partial charge on any atom is -0.381 e. The SMILES string of the molecule is COC1CC2(CCN(C(=O)Nc3c(-c4ccccc4C)ccnc3N3CCC(F)(P)C3)CC2)C1. The molecule has 2 amide bonds. The zero-order valence-electron chi connectivity index (χ0n) is 20.0. The summed E-state index contributed by atoms with van der Waals surface area (Å²) in [5.74, 6) is 0.631. The summed E-state index contributed by atoms with van der Waals surface area (Å²) in [6.45, 7) is 4.32. The van der Waals surface area contributed by atoms with E-state index >= 15 is 0 Å². The number of ether oxygens (including phenoxy) is 1. The number of halogens is 1. The highest BCUT2D eigenvalue weighted by atomic mass is 31.0. The number of nitrogens with one attached hydrogen (secondary N) is 1. The second-order valence-electron chi connectivity index (χ2n) is 10.3. The fraction of sp³-hybridized carbons (Fsp3) is 0.538. The molecular weight excluding hydrogens is 450 g/mol. The number of hydrogen-bond donors (Lipinski definition) is 1. The summed E-state index contributed by atoms with van der Waals surface area (Å²) in [4.78, 5) is 21.9. The Morgan fingerprint density at radius 3 is 2.53 bits per heavy atom. The van der Waals surface area contributed by atoms with Gasteiger partial charge in [-0.15, -0.1) is 0 Å². The number of aromatic nitrogens is 1. The smallest absolute Gasteiger partial charge is 0.321 e. The van der Waals surface area contributed by atoms with Crippen LogP contribution in [-0.2, 0) is 4.74 Å². The van der Waals surface area contributed by atoms with Gasteiger partial charge in [0.2, 0.25) is 0 Å². The van der Waals surface area contributed by atoms with Crippen LogP contribution in [0.1, 0.15) is 37.7 Å². The number of aryl methyl sites for hydroxylation is 1. The van der Waals surface area contributed by atoms with Crippen molar-refractivity contribution in [3.8, 4) is 11.1 Å². The second-order valence-corrected chi connectivity index (χ2v) is 11.3. The molecule has 3 aliphatic rings. The summed E-state index contributed by atoms with van der Waals surface area (Å²) >= 11 is 0. The zero-order chi connectivity index (χ0) is 23.9. The second kappa shape index (κ2) is 9.09. The fourth-order valence-electron chi connectivity index (χ4n) is 5.74. The monoisotopic (exact) mass is 484 g/mol. The minimum absolute atomic E-state index is 0.113. The van der Waals surface area contributed by atoms with Crippen LogP contribution >= 0.6 is 9.24 Å². The Morgan fingerprint density at radius 2 is 1.88 bits per heavy atom. The van der Waals surface area contributed by atoms with E-state index in [4.69, 9.17) is 4.74 Å². The molecule has 3 heterocycles. The lowest BCUT2D eigenvalue weighted by molar-refractivity contribution is -0.0828. The maximum Gasteiger partial charge on any atom is 0.321 e. The molecule has 182 valence electrons. The van der Waals surface area contributed by atoms with Crippen molar-refractivity contribution in [2.75, 3.05) is 43.5 Å². The third-order valence-corrected chi connectivity index (χ3v) is 8.39. The van der Waals surface area contributed by atoms with Gasteiger partial charge in [0.25, 0.3) is 0 Å². The van der Waals surface area contributed by atoms with Crippen LogP contribution in [0.5, 0.6) is 0 Å². The van der Waals surface area contributed by atoms with Crippen LogP contribution in [0.3, 0.4) is 0 Å². The van der Waals surface area contributed by atoms with E-state index in [-0.39, 0.29) is 12.6 Å². The lowest BCUT2D eigenvalue weighted by Gasteiger charge is -2.51. The Balaban J connectivity index is 1.40. The molecule has 2 unspecified atom stereocenters. The molecule has 2 atom stereocenters. The normalized spacial score (nSPS) is 24.4. The van der Waals surface area contributed by atoms with Crippen molar-refractivity contribution < 1.29 is 13.9 Å². The number of urea groups is 1. The molecular formula is C26H34FN4O2P. The van der Waals surface area contributed by atoms with Crippen LogP contribution in [0.4, 0.5) is 20.7 Å². The van der Waals surface area contributed by atoms with Gasteiger partial charge in [0.15, 0.2) is 5.82 Å². The van der Waals surface area contributed by atoms with E-state index in [1.54, 1.807) is 13.3 Å². The van der Waals surface area contributed by atoms with E-state index in [1.165, 1.54) is 0 Å². The van der Waals surface area contributed by atoms with Crippen molar-refractivity contribution >= 4 is 26.8 Å². The van der Waals surface area contributed by atoms with Gasteiger partial charge in [-0.2, -0.15) is 0 Å². The molecule has 6 nitrogen and oxygen atoms in total. The Hall–Kier alpha value is -2.24. The number of amides is 2. The van der Waals surface area contributed by atoms with Crippen molar-refractivity contribution in [1.82, 2.24) is 9.88 Å². The van der Waals surface area contributed by atoms with Gasteiger partial charge in [-0.3, -0.25) is 0 Å². The standard InChI is InChI=1S/C26H34FN4O2P/c1-18-5-3-4-6-20(18)21-7-11-28-23(31-14-10-26(27,34)17-31)22(21)29-24(32)30-12-8-25(9-13-30)15-19(16-25)33-2/h3-7,11,19H,8-10,12-17,34H2,1-2H3,(H,29,32). The third kappa shape index (κ3) is 4.52. The predicted octanol–water partition coefficient (Wildman–Crippen LogP) is 5.23. The summed E-state index contributed by atoms with van der Waals surface area (Å²) in [5.41, 5.74) is 4.05. The average molecular weight is 485 g/mol. The lowest BCUT2D eigenvalue weighted by atomic mass is 9.61. The zero-order valence-corrected chi connectivity index (χ0v) is 21.2. The predicted molar refractivity (Wildman–Crippen MR) is 137 cm³/mol. The molecule has 34 heavy (non-hydrogen) atoms. The van der Waals surface area contributed by atoms with Crippen molar-refractivity contribution in [1.29, 1.82) is 0 Å². The topological polar surface area (TPSA) is 57.7 Å². The first-order valence-corrected chi connectivity index (χ1v) is 12.7. The number of likely N-dealkylation sites (tertiary alicyclic amines) is 1. The Kier molecular flexibility index (Phi) is 6.28. The molecule has 1 spiro atoms. The number of hydrogen-bond acceptors (Lipinski definition) is 4. The molecule has 5 rings (SSSR count). The van der Waals surface area contributed by atoms with Crippen LogP contribution in [0.15, 0.2) is 36.5 Å². The molecule has 0 radical (unpaired) electrons. The number of carbonyl (C=O) groups is 1. The number of methoxy groups -OCH3 is 1. The lowest BCUT2D eigenvalue weighted by Crippen LogP contribution is -2.51. The fourth-order valence-corrected chi connectivity index (χ4v) is 6.09. The summed E-state index contributed by atoms with van der Waals surface area (Å²) in [7, 11) is 4.10. The Morgan fingerprint density at radius 1 is 1.15 bits per heavy atom. The Bertz CT molecular complexity index is 1060. The largest absolute Gasteiger partial charge is 0.381 e. The minimum atomic E-state index is -1.34. The van der Waals surface area contributed by atoms with Gasteiger partial charge in [-0.1, -0.05) is 33.5 Å². The van der Waals surface area contributed by atoms with Gasteiger partial charge in [-0.05, 0) is 55.2 Å². The number of rotatable bonds is 4. The first-order chi connectivity index (χ1) is 16.3. The van der Waals surface area contributed by atoms with Crippen molar-refractivity contribution in [3.05, 3.63) is 42.1 Å². The molecule has 1 aliphatic carbocycles. The van der Waals surface area contributed by atoms with Crippen LogP contribution in [0.2, 0.25) is 0 Å². The molecule has 2 saturated heterocycles. The van der Waals surface area contributed by atoms with E-state index in [0.29, 0.717) is 36.0 Å². The summed E-state index contributed by atoms with van der Waals surface area (Å²) in [5, 5.41) is 1.85. The molecule has 1 aromatic heterocycles. The van der Waals surface area contributed by atoms with Crippen molar-refractivity contribution in [2.45, 2.75) is 50.5 Å². The van der Waals surface area contributed by atoms with Gasteiger partial charge in [-0.25, -0.2) is 14.2 Å². The van der Waals surface area contributed by atoms with Crippen LogP contribution in [-0.4, -0.2) is 60.7 Å². The molecule has 2 aromatic rings. The Labute approximate surface area is 203 Å². The van der Waals surface area contributed by atoms with E-state index in [9.17, 15) is 9.18 Å². The van der Waals surface area contributed by atoms with E-state index in [0.717, 1.165) is 55.5 Å². The molecule has 2 aliphatic heterocycles. The highest BCUT2D eigenvalue weighted by Gasteiger charge is 2.46. The summed E-state index contributed by atoms with van der Waals surface area (Å²) in [6, 6.07) is 9.93. The summed E-state index contributed by atoms with van der Waals surface area (Å²) in [6.07, 6.45) is 6.74. The van der Waals surface area contributed by atoms with E-state index in [1.807, 2.05) is 28.0 Å². The molecule has 8 heteroatoms. The molecule has 0 bridgehead atoms. The number of alkyl halides is 1. The van der Waals surface area contributed by atoms with Crippen LogP contribution in [0.25, 0.3) is 11.1 Å². The summed E-state index contributed by atoms with van der Waals surface area (Å²) < 4.78 is 20.1. The quantitative estimate of drug-likeness (QED) is 0.604. The first-order valence-electron chi connectivity index (χ1n) is 12.2. The van der Waals surface area contributed by atoms with Crippen molar-refractivity contribution in [2.24, 2.45) is 5.41 Å². The highest BCUT2D eigenvalue weighted by molar-refractivity contribution is 7.18. The van der Waals surface area contributed by atoms with Crippen LogP contribution in [0, 0.1) is 12.3 Å². The molecule has 3 fully saturated rings. The third-order valence-electron chi connectivity index (χ3n) is 7.91. The van der Waals surface area contributed by atoms with E-state index < -0.39 is 5.41 Å². The van der Waals surface area contributed by atoms with Crippen molar-refractivity contribution in [3.63, 3.8) is 0 Å². The van der Waals surface area contributed by atoms with Gasteiger partial charge < -0.3 is 19.9 Å². The van der Waals surface area contributed by atoms with Gasteiger partial charge in [0.1, 0.15) is 5.41 Å². The van der Waals surface area contributed by atoms with E-state index in [2.05, 4.69) is 38.6 Å². The number of anilines is 2. The van der Waals surface area contributed by atoms with Gasteiger partial charge in [0, 0.05) is 44.9 Å². The average Bonchev–Trinajstić information content (AvgIpc) is 3.17. The number of pyridine rings is 1. The number of carbonyl (C=O) groups excluding carboxylic acids is 1.